The van der Waals surface area contributed by atoms with Crippen LogP contribution in [0, 0.1) is 0 Å². The summed E-state index contributed by atoms with van der Waals surface area (Å²) in [7, 11) is 0. The minimum absolute atomic E-state index is 0.125. The summed E-state index contributed by atoms with van der Waals surface area (Å²) in [6.45, 7) is 1.30. The molecule has 54 valence electrons. The van der Waals surface area contributed by atoms with E-state index >= 15 is 0 Å². The van der Waals surface area contributed by atoms with Crippen LogP contribution in [0.5, 0.6) is 0 Å². The molecule has 0 aliphatic heterocycles. The summed E-state index contributed by atoms with van der Waals surface area (Å²) in [5.74, 6) is -4.48. The second kappa shape index (κ2) is 5.89. The Balaban J connectivity index is 5.10. The van der Waals surface area contributed by atoms with Crippen molar-refractivity contribution in [1.82, 2.24) is 0 Å². The van der Waals surface area contributed by atoms with Gasteiger partial charge in [-0.15, -0.1) is 11.6 Å². The van der Waals surface area contributed by atoms with Crippen LogP contribution in [0.15, 0.2) is 0 Å². The zero-order valence-electron chi connectivity index (χ0n) is 10.9. The molecule has 0 aromatic carbocycles. The Morgan fingerprint density at radius 1 is 1.89 bits per heavy atom. The molecular weight excluding hydrogens is 140 g/mol. The van der Waals surface area contributed by atoms with E-state index in [4.69, 9.17) is 19.8 Å². The number of esters is 1. The monoisotopic (exact) mass is 156 g/mol. The van der Waals surface area contributed by atoms with Crippen molar-refractivity contribution < 1.29 is 17.8 Å². The van der Waals surface area contributed by atoms with E-state index in [1.54, 1.807) is 0 Å². The van der Waals surface area contributed by atoms with E-state index in [1.165, 1.54) is 6.92 Å². The first-order valence-corrected chi connectivity index (χ1v) is 2.72. The fraction of sp³-hybridized carbons (Fsp3) is 0.833. The molecule has 2 nitrogen and oxygen atoms in total. The SMILES string of the molecule is [2H]C([2H])(Cl)C([2H])([2H])C([2H])([2H])C(=O)OCC. The van der Waals surface area contributed by atoms with E-state index in [2.05, 4.69) is 4.74 Å². The lowest BCUT2D eigenvalue weighted by Crippen LogP contribution is -2.03. The van der Waals surface area contributed by atoms with Crippen molar-refractivity contribution in [3.8, 4) is 0 Å². The molecule has 0 aromatic rings. The standard InChI is InChI=1S/C6H11ClO2/c1-2-9-6(8)4-3-5-7/h2-5H2,1H3/i3D2,4D2,5D2. The molecule has 0 aliphatic carbocycles. The molecule has 0 fully saturated rings. The van der Waals surface area contributed by atoms with Crippen LogP contribution in [0.3, 0.4) is 0 Å². The van der Waals surface area contributed by atoms with Crippen LogP contribution >= 0.6 is 11.6 Å². The number of carbonyl (C=O) groups is 1. The third kappa shape index (κ3) is 5.63. The van der Waals surface area contributed by atoms with Crippen molar-refractivity contribution in [2.75, 3.05) is 12.4 Å². The number of ether oxygens (including phenoxy) is 1. The summed E-state index contributed by atoms with van der Waals surface area (Å²) < 4.78 is 46.9. The van der Waals surface area contributed by atoms with Gasteiger partial charge in [0.25, 0.3) is 0 Å². The average Bonchev–Trinajstić information content (AvgIpc) is 2.02. The summed E-state index contributed by atoms with van der Waals surface area (Å²) in [5.41, 5.74) is 0. The number of hydrogen-bond acceptors (Lipinski definition) is 2. The van der Waals surface area contributed by atoms with E-state index in [1.807, 2.05) is 0 Å². The minimum atomic E-state index is -3.19. The van der Waals surface area contributed by atoms with Crippen molar-refractivity contribution >= 4 is 17.6 Å². The van der Waals surface area contributed by atoms with E-state index in [-0.39, 0.29) is 6.61 Å². The van der Waals surface area contributed by atoms with Gasteiger partial charge < -0.3 is 4.74 Å². The molecule has 0 N–H and O–H groups in total. The molecule has 3 heteroatoms. The number of alkyl halides is 1. The number of rotatable bonds is 4. The van der Waals surface area contributed by atoms with Crippen LogP contribution in [0.4, 0.5) is 0 Å². The minimum Gasteiger partial charge on any atom is -0.466 e. The second-order valence-corrected chi connectivity index (χ2v) is 1.25. The van der Waals surface area contributed by atoms with Gasteiger partial charge in [-0.2, -0.15) is 0 Å². The fourth-order valence-electron chi connectivity index (χ4n) is 0.242. The van der Waals surface area contributed by atoms with Crippen LogP contribution < -0.4 is 0 Å². The first-order valence-electron chi connectivity index (χ1n) is 5.34. The van der Waals surface area contributed by atoms with Crippen LogP contribution in [0.2, 0.25) is 0 Å². The molecule has 0 bridgehead atoms. The van der Waals surface area contributed by atoms with Crippen molar-refractivity contribution in [1.29, 1.82) is 0 Å². The van der Waals surface area contributed by atoms with E-state index in [0.29, 0.717) is 0 Å². The van der Waals surface area contributed by atoms with Crippen molar-refractivity contribution in [3.05, 3.63) is 0 Å². The molecule has 0 saturated carbocycles. The maximum Gasteiger partial charge on any atom is 0.305 e. The highest BCUT2D eigenvalue weighted by Gasteiger charge is 1.98. The van der Waals surface area contributed by atoms with Crippen LogP contribution in [0.1, 0.15) is 27.9 Å². The van der Waals surface area contributed by atoms with Gasteiger partial charge in [-0.1, -0.05) is 0 Å². The topological polar surface area (TPSA) is 26.3 Å². The first-order chi connectivity index (χ1) is 6.48. The van der Waals surface area contributed by atoms with Gasteiger partial charge in [-0.25, -0.2) is 0 Å². The predicted octanol–water partition coefficient (Wildman–Crippen LogP) is 1.57. The molecule has 0 rings (SSSR count). The van der Waals surface area contributed by atoms with Gasteiger partial charge in [0, 0.05) is 20.4 Å². The quantitative estimate of drug-likeness (QED) is 0.456. The van der Waals surface area contributed by atoms with Crippen LogP contribution in [0.25, 0.3) is 0 Å². The third-order valence-electron chi connectivity index (χ3n) is 0.487. The molecule has 0 atom stereocenters. The molecule has 0 radical (unpaired) electrons. The van der Waals surface area contributed by atoms with Gasteiger partial charge in [0.15, 0.2) is 0 Å². The van der Waals surface area contributed by atoms with Crippen molar-refractivity contribution in [2.45, 2.75) is 19.7 Å². The Labute approximate surface area is 68.6 Å². The predicted molar refractivity (Wildman–Crippen MR) is 36.6 cm³/mol. The Morgan fingerprint density at radius 2 is 2.56 bits per heavy atom. The lowest BCUT2D eigenvalue weighted by Gasteiger charge is -1.97. The molecule has 0 amide bonds. The van der Waals surface area contributed by atoms with Gasteiger partial charge in [0.05, 0.1) is 6.61 Å². The van der Waals surface area contributed by atoms with Crippen molar-refractivity contribution in [2.24, 2.45) is 0 Å². The zero-order valence-corrected chi connectivity index (χ0v) is 5.66. The lowest BCUT2D eigenvalue weighted by molar-refractivity contribution is -0.143. The molecule has 0 heterocycles. The summed E-state index contributed by atoms with van der Waals surface area (Å²) in [4.78, 5) is 11.1. The molecule has 0 aromatic heterocycles. The maximum atomic E-state index is 11.1. The first kappa shape index (κ1) is 2.79. The molecule has 0 unspecified atom stereocenters. The summed E-state index contributed by atoms with van der Waals surface area (Å²) in [5, 5.41) is 0. The highest BCUT2D eigenvalue weighted by Crippen LogP contribution is 1.93. The largest absolute Gasteiger partial charge is 0.466 e. The van der Waals surface area contributed by atoms with E-state index in [9.17, 15) is 4.79 Å². The molecule has 0 aliphatic rings. The molecule has 0 spiro atoms. The number of halogens is 1. The Bertz CT molecular complexity index is 248. The highest BCUT2D eigenvalue weighted by molar-refractivity contribution is 6.17. The molecular formula is C6H11ClO2. The molecule has 9 heavy (non-hydrogen) atoms. The smallest absolute Gasteiger partial charge is 0.305 e. The fourth-order valence-corrected chi connectivity index (χ4v) is 0.289. The number of carbonyl (C=O) groups excluding carboxylic acids is 1. The van der Waals surface area contributed by atoms with Gasteiger partial charge in [0.2, 0.25) is 0 Å². The lowest BCUT2D eigenvalue weighted by atomic mass is 10.3. The van der Waals surface area contributed by atoms with Gasteiger partial charge in [-0.3, -0.25) is 4.79 Å². The number of hydrogen-bond donors (Lipinski definition) is 0. The maximum absolute atomic E-state index is 11.1. The van der Waals surface area contributed by atoms with Crippen LogP contribution in [-0.2, 0) is 9.53 Å². The zero-order chi connectivity index (χ0) is 12.5. The summed E-state index contributed by atoms with van der Waals surface area (Å²) in [6.07, 6.45) is -6.33. The van der Waals surface area contributed by atoms with Gasteiger partial charge in [0.1, 0.15) is 0 Å². The van der Waals surface area contributed by atoms with Gasteiger partial charge in [-0.05, 0) is 13.3 Å². The summed E-state index contributed by atoms with van der Waals surface area (Å²) in [6, 6.07) is 0. The third-order valence-corrected chi connectivity index (χ3v) is 0.582. The molecule has 0 saturated heterocycles. The van der Waals surface area contributed by atoms with Crippen molar-refractivity contribution in [3.63, 3.8) is 0 Å². The van der Waals surface area contributed by atoms with E-state index in [0.717, 1.165) is 0 Å². The summed E-state index contributed by atoms with van der Waals surface area (Å²) >= 11 is 5.06. The Morgan fingerprint density at radius 3 is 3.00 bits per heavy atom. The average molecular weight is 157 g/mol. The Hall–Kier alpha value is -0.240. The normalized spacial score (nSPS) is 23.8. The highest BCUT2D eigenvalue weighted by atomic mass is 35.5. The second-order valence-electron chi connectivity index (χ2n) is 1.06. The van der Waals surface area contributed by atoms with Crippen LogP contribution in [-0.4, -0.2) is 18.4 Å². The van der Waals surface area contributed by atoms with Gasteiger partial charge >= 0.3 is 5.97 Å². The van der Waals surface area contributed by atoms with E-state index < -0.39 is 24.5 Å². The Kier molecular flexibility index (Phi) is 1.82.